The maximum atomic E-state index is 11.8. The smallest absolute Gasteiger partial charge is 0.417 e. The van der Waals surface area contributed by atoms with Gasteiger partial charge in [0.25, 0.3) is 0 Å². The van der Waals surface area contributed by atoms with Crippen LogP contribution in [0.25, 0.3) is 0 Å². The van der Waals surface area contributed by atoms with Gasteiger partial charge >= 0.3 is 6.09 Å². The van der Waals surface area contributed by atoms with E-state index in [0.717, 1.165) is 5.56 Å². The summed E-state index contributed by atoms with van der Waals surface area (Å²) in [6.07, 6.45) is -0.567. The van der Waals surface area contributed by atoms with Crippen molar-refractivity contribution in [3.8, 4) is 11.5 Å². The standard InChI is InChI=1S/C16H18N2O3/c1-3-20-15-9-8-13(10-14(15)17)21-16(19)18-12-6-4-11(2)5-7-12/h4-10H,3,17H2,1-2H3,(H,18,19). The molecule has 0 fully saturated rings. The van der Waals surface area contributed by atoms with Crippen LogP contribution in [0.3, 0.4) is 0 Å². The summed E-state index contributed by atoms with van der Waals surface area (Å²) in [7, 11) is 0. The van der Waals surface area contributed by atoms with Crippen molar-refractivity contribution in [2.24, 2.45) is 0 Å². The van der Waals surface area contributed by atoms with Crippen molar-refractivity contribution in [2.45, 2.75) is 13.8 Å². The Morgan fingerprint density at radius 2 is 1.90 bits per heavy atom. The number of hydrogen-bond acceptors (Lipinski definition) is 4. The summed E-state index contributed by atoms with van der Waals surface area (Å²) in [5.41, 5.74) is 8.03. The van der Waals surface area contributed by atoms with Crippen molar-refractivity contribution < 1.29 is 14.3 Å². The number of nitrogens with two attached hydrogens (primary N) is 1. The zero-order chi connectivity index (χ0) is 15.2. The molecule has 0 bridgehead atoms. The molecule has 2 aromatic rings. The number of carbonyl (C=O) groups is 1. The van der Waals surface area contributed by atoms with E-state index >= 15 is 0 Å². The molecule has 0 saturated heterocycles. The predicted octanol–water partition coefficient (Wildman–Crippen LogP) is 3.59. The van der Waals surface area contributed by atoms with Gasteiger partial charge in [-0.25, -0.2) is 4.79 Å². The molecule has 110 valence electrons. The highest BCUT2D eigenvalue weighted by molar-refractivity contribution is 5.86. The number of nitrogens with one attached hydrogen (secondary N) is 1. The Labute approximate surface area is 123 Å². The van der Waals surface area contributed by atoms with Crippen LogP contribution in [0.4, 0.5) is 16.2 Å². The molecule has 0 saturated carbocycles. The molecule has 3 N–H and O–H groups in total. The van der Waals surface area contributed by atoms with E-state index in [2.05, 4.69) is 5.32 Å². The van der Waals surface area contributed by atoms with Gasteiger partial charge in [-0.1, -0.05) is 17.7 Å². The van der Waals surface area contributed by atoms with Gasteiger partial charge in [-0.3, -0.25) is 5.32 Å². The van der Waals surface area contributed by atoms with E-state index < -0.39 is 6.09 Å². The highest BCUT2D eigenvalue weighted by atomic mass is 16.6. The van der Waals surface area contributed by atoms with Crippen LogP contribution in [-0.2, 0) is 0 Å². The van der Waals surface area contributed by atoms with E-state index in [9.17, 15) is 4.79 Å². The van der Waals surface area contributed by atoms with Gasteiger partial charge in [-0.2, -0.15) is 0 Å². The molecule has 0 heterocycles. The van der Waals surface area contributed by atoms with Crippen molar-refractivity contribution in [2.75, 3.05) is 17.7 Å². The topological polar surface area (TPSA) is 73.6 Å². The molecule has 2 rings (SSSR count). The van der Waals surface area contributed by atoms with Gasteiger partial charge in [0.15, 0.2) is 0 Å². The van der Waals surface area contributed by atoms with Gasteiger partial charge in [-0.15, -0.1) is 0 Å². The molecule has 21 heavy (non-hydrogen) atoms. The number of hydrogen-bond donors (Lipinski definition) is 2. The summed E-state index contributed by atoms with van der Waals surface area (Å²) in [6.45, 7) is 4.38. The predicted molar refractivity (Wildman–Crippen MR) is 82.8 cm³/mol. The molecule has 2 aromatic carbocycles. The van der Waals surface area contributed by atoms with E-state index in [1.165, 1.54) is 0 Å². The Bertz CT molecular complexity index is 624. The van der Waals surface area contributed by atoms with Crippen LogP contribution in [0.15, 0.2) is 42.5 Å². The van der Waals surface area contributed by atoms with Crippen LogP contribution in [0, 0.1) is 6.92 Å². The quantitative estimate of drug-likeness (QED) is 0.842. The second kappa shape index (κ2) is 6.65. The number of rotatable bonds is 4. The normalized spacial score (nSPS) is 10.0. The fourth-order valence-corrected chi connectivity index (χ4v) is 1.76. The molecule has 5 heteroatoms. The van der Waals surface area contributed by atoms with Crippen LogP contribution in [-0.4, -0.2) is 12.7 Å². The van der Waals surface area contributed by atoms with Gasteiger partial charge in [0.1, 0.15) is 11.5 Å². The number of benzene rings is 2. The number of amides is 1. The molecule has 0 aliphatic carbocycles. The van der Waals surface area contributed by atoms with Crippen LogP contribution in [0.2, 0.25) is 0 Å². The summed E-state index contributed by atoms with van der Waals surface area (Å²) >= 11 is 0. The first-order chi connectivity index (χ1) is 10.1. The first-order valence-electron chi connectivity index (χ1n) is 6.66. The zero-order valence-electron chi connectivity index (χ0n) is 12.1. The van der Waals surface area contributed by atoms with Crippen LogP contribution >= 0.6 is 0 Å². The fraction of sp³-hybridized carbons (Fsp3) is 0.188. The molecular formula is C16H18N2O3. The third-order valence-electron chi connectivity index (χ3n) is 2.79. The minimum absolute atomic E-state index is 0.362. The molecule has 0 unspecified atom stereocenters. The molecule has 1 amide bonds. The van der Waals surface area contributed by atoms with Crippen molar-refractivity contribution in [3.63, 3.8) is 0 Å². The lowest BCUT2D eigenvalue weighted by molar-refractivity contribution is 0.215. The Kier molecular flexibility index (Phi) is 4.66. The first-order valence-corrected chi connectivity index (χ1v) is 6.66. The molecule has 0 radical (unpaired) electrons. The van der Waals surface area contributed by atoms with E-state index in [4.69, 9.17) is 15.2 Å². The van der Waals surface area contributed by atoms with Crippen LogP contribution < -0.4 is 20.5 Å². The second-order valence-corrected chi connectivity index (χ2v) is 4.51. The minimum atomic E-state index is -0.567. The van der Waals surface area contributed by atoms with Crippen LogP contribution in [0.1, 0.15) is 12.5 Å². The van der Waals surface area contributed by atoms with Gasteiger partial charge in [0.2, 0.25) is 0 Å². The van der Waals surface area contributed by atoms with E-state index in [0.29, 0.717) is 29.5 Å². The molecular weight excluding hydrogens is 268 g/mol. The molecule has 5 nitrogen and oxygen atoms in total. The van der Waals surface area contributed by atoms with E-state index in [1.54, 1.807) is 18.2 Å². The highest BCUT2D eigenvalue weighted by Gasteiger charge is 2.07. The monoisotopic (exact) mass is 286 g/mol. The first kappa shape index (κ1) is 14.7. The van der Waals surface area contributed by atoms with Crippen molar-refractivity contribution in [1.29, 1.82) is 0 Å². The number of carbonyl (C=O) groups excluding carboxylic acids is 1. The lowest BCUT2D eigenvalue weighted by Gasteiger charge is -2.10. The Balaban J connectivity index is 1.99. The number of anilines is 2. The van der Waals surface area contributed by atoms with E-state index in [1.807, 2.05) is 38.1 Å². The van der Waals surface area contributed by atoms with Gasteiger partial charge in [-0.05, 0) is 38.1 Å². The van der Waals surface area contributed by atoms with Crippen molar-refractivity contribution >= 4 is 17.5 Å². The number of ether oxygens (including phenoxy) is 2. The molecule has 0 atom stereocenters. The fourth-order valence-electron chi connectivity index (χ4n) is 1.76. The summed E-state index contributed by atoms with van der Waals surface area (Å²) in [5, 5.41) is 2.64. The molecule has 0 aliphatic heterocycles. The lowest BCUT2D eigenvalue weighted by atomic mass is 10.2. The Morgan fingerprint density at radius 3 is 2.52 bits per heavy atom. The van der Waals surface area contributed by atoms with Gasteiger partial charge in [0.05, 0.1) is 12.3 Å². The Hall–Kier alpha value is -2.69. The minimum Gasteiger partial charge on any atom is -0.492 e. The summed E-state index contributed by atoms with van der Waals surface area (Å²) in [4.78, 5) is 11.8. The molecule has 0 spiro atoms. The Morgan fingerprint density at radius 1 is 1.19 bits per heavy atom. The van der Waals surface area contributed by atoms with Gasteiger partial charge < -0.3 is 15.2 Å². The average Bonchev–Trinajstić information content (AvgIpc) is 2.44. The van der Waals surface area contributed by atoms with Crippen molar-refractivity contribution in [1.82, 2.24) is 0 Å². The largest absolute Gasteiger partial charge is 0.492 e. The third-order valence-corrected chi connectivity index (χ3v) is 2.79. The average molecular weight is 286 g/mol. The van der Waals surface area contributed by atoms with Crippen LogP contribution in [0.5, 0.6) is 11.5 Å². The zero-order valence-corrected chi connectivity index (χ0v) is 12.1. The number of aryl methyl sites for hydroxylation is 1. The SMILES string of the molecule is CCOc1ccc(OC(=O)Nc2ccc(C)cc2)cc1N. The summed E-state index contributed by atoms with van der Waals surface area (Å²) < 4.78 is 10.5. The van der Waals surface area contributed by atoms with Gasteiger partial charge in [0, 0.05) is 11.8 Å². The maximum Gasteiger partial charge on any atom is 0.417 e. The lowest BCUT2D eigenvalue weighted by Crippen LogP contribution is -2.16. The van der Waals surface area contributed by atoms with Crippen molar-refractivity contribution in [3.05, 3.63) is 48.0 Å². The molecule has 0 aromatic heterocycles. The highest BCUT2D eigenvalue weighted by Crippen LogP contribution is 2.26. The third kappa shape index (κ3) is 4.14. The number of nitrogen functional groups attached to an aromatic ring is 1. The van der Waals surface area contributed by atoms with E-state index in [-0.39, 0.29) is 0 Å². The summed E-state index contributed by atoms with van der Waals surface area (Å²) in [5.74, 6) is 0.935. The second-order valence-electron chi connectivity index (χ2n) is 4.51. The molecule has 0 aliphatic rings. The summed E-state index contributed by atoms with van der Waals surface area (Å²) in [6, 6.07) is 12.3. The maximum absolute atomic E-state index is 11.8.